The molecule has 3 heteroatoms. The molecule has 0 aromatic heterocycles. The average molecular weight is 301 g/mol. The number of methoxy groups -OCH3 is 1. The zero-order valence-corrected chi connectivity index (χ0v) is 13.5. The van der Waals surface area contributed by atoms with E-state index >= 15 is 0 Å². The molecule has 0 saturated heterocycles. The van der Waals surface area contributed by atoms with Gasteiger partial charge in [-0.3, -0.25) is 4.79 Å². The van der Waals surface area contributed by atoms with Crippen molar-refractivity contribution in [3.63, 3.8) is 0 Å². The Morgan fingerprint density at radius 2 is 2.05 bits per heavy atom. The van der Waals surface area contributed by atoms with Gasteiger partial charge in [0.05, 0.1) is 6.61 Å². The SMILES string of the molecule is COCCN(Cc1ccccc1)C(=O)C[C@@H]1C[C@H]2CC[C@H]1C2. The normalized spacial score (nSPS) is 26.3. The maximum absolute atomic E-state index is 12.8. The first-order valence-electron chi connectivity index (χ1n) is 8.57. The molecular weight excluding hydrogens is 274 g/mol. The van der Waals surface area contributed by atoms with Gasteiger partial charge < -0.3 is 9.64 Å². The number of benzene rings is 1. The van der Waals surface area contributed by atoms with Crippen LogP contribution in [0.1, 0.15) is 37.7 Å². The van der Waals surface area contributed by atoms with E-state index in [1.165, 1.54) is 31.2 Å². The van der Waals surface area contributed by atoms with Crippen LogP contribution in [0.5, 0.6) is 0 Å². The Balaban J connectivity index is 1.59. The molecule has 120 valence electrons. The molecular formula is C19H27NO2. The summed E-state index contributed by atoms with van der Waals surface area (Å²) < 4.78 is 5.19. The van der Waals surface area contributed by atoms with Gasteiger partial charge in [-0.1, -0.05) is 36.8 Å². The van der Waals surface area contributed by atoms with Gasteiger partial charge in [0, 0.05) is 26.6 Å². The second-order valence-electron chi connectivity index (χ2n) is 6.93. The van der Waals surface area contributed by atoms with Gasteiger partial charge in [-0.15, -0.1) is 0 Å². The molecule has 1 aromatic rings. The maximum Gasteiger partial charge on any atom is 0.223 e. The molecule has 2 aliphatic rings. The number of amides is 1. The quantitative estimate of drug-likeness (QED) is 0.771. The molecule has 0 unspecified atom stereocenters. The predicted octanol–water partition coefficient (Wildman–Crippen LogP) is 3.49. The molecule has 1 aromatic carbocycles. The van der Waals surface area contributed by atoms with Crippen LogP contribution in [0.15, 0.2) is 30.3 Å². The van der Waals surface area contributed by atoms with Crippen LogP contribution in [0.2, 0.25) is 0 Å². The number of rotatable bonds is 7. The molecule has 0 N–H and O–H groups in total. The fourth-order valence-electron chi connectivity index (χ4n) is 4.28. The molecule has 0 radical (unpaired) electrons. The molecule has 0 aliphatic heterocycles. The van der Waals surface area contributed by atoms with Gasteiger partial charge in [0.15, 0.2) is 0 Å². The minimum Gasteiger partial charge on any atom is -0.383 e. The summed E-state index contributed by atoms with van der Waals surface area (Å²) in [6.07, 6.45) is 6.12. The van der Waals surface area contributed by atoms with Crippen molar-refractivity contribution in [1.82, 2.24) is 4.90 Å². The van der Waals surface area contributed by atoms with E-state index in [-0.39, 0.29) is 0 Å². The van der Waals surface area contributed by atoms with E-state index in [0.29, 0.717) is 31.5 Å². The van der Waals surface area contributed by atoms with E-state index < -0.39 is 0 Å². The third-order valence-corrected chi connectivity index (χ3v) is 5.46. The molecule has 2 bridgehead atoms. The lowest BCUT2D eigenvalue weighted by molar-refractivity contribution is -0.133. The Morgan fingerprint density at radius 3 is 2.68 bits per heavy atom. The Morgan fingerprint density at radius 1 is 1.23 bits per heavy atom. The fourth-order valence-corrected chi connectivity index (χ4v) is 4.28. The highest BCUT2D eigenvalue weighted by molar-refractivity contribution is 5.76. The van der Waals surface area contributed by atoms with Crippen LogP contribution < -0.4 is 0 Å². The number of nitrogens with zero attached hydrogens (tertiary/aromatic N) is 1. The Labute approximate surface area is 133 Å². The zero-order chi connectivity index (χ0) is 15.4. The van der Waals surface area contributed by atoms with Crippen LogP contribution in [0.25, 0.3) is 0 Å². The van der Waals surface area contributed by atoms with Crippen molar-refractivity contribution >= 4 is 5.91 Å². The fraction of sp³-hybridized carbons (Fsp3) is 0.632. The number of hydrogen-bond acceptors (Lipinski definition) is 2. The van der Waals surface area contributed by atoms with Gasteiger partial charge in [0.2, 0.25) is 5.91 Å². The van der Waals surface area contributed by atoms with Gasteiger partial charge >= 0.3 is 0 Å². The first-order chi connectivity index (χ1) is 10.8. The summed E-state index contributed by atoms with van der Waals surface area (Å²) in [5.41, 5.74) is 1.19. The van der Waals surface area contributed by atoms with E-state index in [0.717, 1.165) is 18.3 Å². The minimum absolute atomic E-state index is 0.304. The summed E-state index contributed by atoms with van der Waals surface area (Å²) in [5, 5.41) is 0. The smallest absolute Gasteiger partial charge is 0.223 e. The van der Waals surface area contributed by atoms with Gasteiger partial charge in [-0.2, -0.15) is 0 Å². The van der Waals surface area contributed by atoms with E-state index in [9.17, 15) is 4.79 Å². The summed E-state index contributed by atoms with van der Waals surface area (Å²) in [6.45, 7) is 1.99. The van der Waals surface area contributed by atoms with Crippen molar-refractivity contribution in [3.05, 3.63) is 35.9 Å². The molecule has 1 amide bonds. The van der Waals surface area contributed by atoms with Crippen LogP contribution in [0.4, 0.5) is 0 Å². The highest BCUT2D eigenvalue weighted by Gasteiger charge is 2.40. The summed E-state index contributed by atoms with van der Waals surface area (Å²) in [5.74, 6) is 2.66. The highest BCUT2D eigenvalue weighted by Crippen LogP contribution is 2.49. The summed E-state index contributed by atoms with van der Waals surface area (Å²) in [7, 11) is 1.70. The van der Waals surface area contributed by atoms with Crippen molar-refractivity contribution < 1.29 is 9.53 Å². The van der Waals surface area contributed by atoms with Crippen molar-refractivity contribution in [1.29, 1.82) is 0 Å². The molecule has 0 spiro atoms. The average Bonchev–Trinajstić information content (AvgIpc) is 3.15. The lowest BCUT2D eigenvalue weighted by Gasteiger charge is -2.27. The van der Waals surface area contributed by atoms with Crippen molar-refractivity contribution in [2.24, 2.45) is 17.8 Å². The lowest BCUT2D eigenvalue weighted by atomic mass is 9.86. The van der Waals surface area contributed by atoms with Crippen molar-refractivity contribution in [2.45, 2.75) is 38.6 Å². The van der Waals surface area contributed by atoms with E-state index in [1.54, 1.807) is 7.11 Å². The number of carbonyl (C=O) groups is 1. The highest BCUT2D eigenvalue weighted by atomic mass is 16.5. The number of ether oxygens (including phenoxy) is 1. The lowest BCUT2D eigenvalue weighted by Crippen LogP contribution is -2.35. The number of fused-ring (bicyclic) bond motifs is 2. The standard InChI is InChI=1S/C19H27NO2/c1-22-10-9-20(14-15-5-3-2-4-6-15)19(21)13-18-12-16-7-8-17(18)11-16/h2-6,16-18H,7-14H2,1H3/t16-,17-,18-/m0/s1. The third kappa shape index (κ3) is 3.70. The second kappa shape index (κ2) is 7.28. The first-order valence-corrected chi connectivity index (χ1v) is 8.57. The van der Waals surface area contributed by atoms with Crippen LogP contribution in [-0.2, 0) is 16.1 Å². The molecule has 2 fully saturated rings. The Hall–Kier alpha value is -1.35. The second-order valence-corrected chi connectivity index (χ2v) is 6.93. The molecule has 22 heavy (non-hydrogen) atoms. The molecule has 0 heterocycles. The number of hydrogen-bond donors (Lipinski definition) is 0. The summed E-state index contributed by atoms with van der Waals surface area (Å²) >= 11 is 0. The maximum atomic E-state index is 12.8. The number of carbonyl (C=O) groups excluding carboxylic acids is 1. The first kappa shape index (κ1) is 15.5. The van der Waals surface area contributed by atoms with E-state index in [1.807, 2.05) is 23.1 Å². The van der Waals surface area contributed by atoms with Crippen LogP contribution >= 0.6 is 0 Å². The Bertz CT molecular complexity index is 487. The Kier molecular flexibility index (Phi) is 5.14. The largest absolute Gasteiger partial charge is 0.383 e. The molecule has 3 rings (SSSR count). The van der Waals surface area contributed by atoms with Gasteiger partial charge in [0.1, 0.15) is 0 Å². The topological polar surface area (TPSA) is 29.5 Å². The van der Waals surface area contributed by atoms with Gasteiger partial charge in [-0.25, -0.2) is 0 Å². The van der Waals surface area contributed by atoms with Crippen LogP contribution in [0, 0.1) is 17.8 Å². The van der Waals surface area contributed by atoms with Crippen LogP contribution in [-0.4, -0.2) is 31.1 Å². The predicted molar refractivity (Wildman–Crippen MR) is 87.3 cm³/mol. The minimum atomic E-state index is 0.304. The summed E-state index contributed by atoms with van der Waals surface area (Å²) in [4.78, 5) is 14.7. The third-order valence-electron chi connectivity index (χ3n) is 5.46. The zero-order valence-electron chi connectivity index (χ0n) is 13.5. The van der Waals surface area contributed by atoms with Crippen LogP contribution in [0.3, 0.4) is 0 Å². The molecule has 2 aliphatic carbocycles. The molecule has 2 saturated carbocycles. The van der Waals surface area contributed by atoms with Crippen molar-refractivity contribution in [2.75, 3.05) is 20.3 Å². The molecule has 3 atom stereocenters. The van der Waals surface area contributed by atoms with Crippen molar-refractivity contribution in [3.8, 4) is 0 Å². The monoisotopic (exact) mass is 301 g/mol. The van der Waals surface area contributed by atoms with Gasteiger partial charge in [-0.05, 0) is 42.6 Å². The van der Waals surface area contributed by atoms with E-state index in [4.69, 9.17) is 4.74 Å². The molecule has 3 nitrogen and oxygen atoms in total. The van der Waals surface area contributed by atoms with Gasteiger partial charge in [0.25, 0.3) is 0 Å². The van der Waals surface area contributed by atoms with E-state index in [2.05, 4.69) is 12.1 Å². The summed E-state index contributed by atoms with van der Waals surface area (Å²) in [6, 6.07) is 10.3.